The van der Waals surface area contributed by atoms with Crippen molar-refractivity contribution in [2.45, 2.75) is 26.2 Å². The number of anilines is 2. The number of amides is 1. The third-order valence-corrected chi connectivity index (χ3v) is 4.31. The molecule has 0 aromatic heterocycles. The minimum absolute atomic E-state index is 0.0172. The van der Waals surface area contributed by atoms with Crippen LogP contribution in [0.4, 0.5) is 11.4 Å². The normalized spacial score (nSPS) is 13.1. The molecule has 0 fully saturated rings. The number of nitrogens with one attached hydrogen (secondary N) is 1. The summed E-state index contributed by atoms with van der Waals surface area (Å²) < 4.78 is 0. The third-order valence-electron chi connectivity index (χ3n) is 4.31. The van der Waals surface area contributed by atoms with Gasteiger partial charge in [0.05, 0.1) is 19.0 Å². The van der Waals surface area contributed by atoms with E-state index in [1.165, 1.54) is 16.8 Å². The van der Waals surface area contributed by atoms with Gasteiger partial charge in [0.1, 0.15) is 0 Å². The van der Waals surface area contributed by atoms with Gasteiger partial charge < -0.3 is 10.2 Å². The highest BCUT2D eigenvalue weighted by Gasteiger charge is 2.19. The van der Waals surface area contributed by atoms with Crippen molar-refractivity contribution in [2.24, 2.45) is 0 Å². The highest BCUT2D eigenvalue weighted by atomic mass is 16.2. The number of rotatable bonds is 4. The number of fused-ring (bicyclic) bond motifs is 1. The Morgan fingerprint density at radius 3 is 2.79 bits per heavy atom. The van der Waals surface area contributed by atoms with Gasteiger partial charge in [-0.1, -0.05) is 29.8 Å². The Bertz CT molecular complexity index is 774. The Labute approximate surface area is 142 Å². The van der Waals surface area contributed by atoms with E-state index in [1.54, 1.807) is 0 Å². The molecule has 122 valence electrons. The van der Waals surface area contributed by atoms with E-state index in [0.717, 1.165) is 30.6 Å². The SMILES string of the molecule is Cc1ccc2c(c1)CCCN2CC(=O)Nc1ccc(CC#N)cc1. The van der Waals surface area contributed by atoms with Crippen LogP contribution < -0.4 is 10.2 Å². The third kappa shape index (κ3) is 3.75. The van der Waals surface area contributed by atoms with Gasteiger partial charge in [-0.15, -0.1) is 0 Å². The van der Waals surface area contributed by atoms with Crippen LogP contribution in [0.5, 0.6) is 0 Å². The van der Waals surface area contributed by atoms with Gasteiger partial charge in [-0.05, 0) is 49.1 Å². The van der Waals surface area contributed by atoms with E-state index in [-0.39, 0.29) is 5.91 Å². The predicted octanol–water partition coefficient (Wildman–Crippen LogP) is 3.45. The molecule has 0 radical (unpaired) electrons. The number of hydrogen-bond donors (Lipinski definition) is 1. The molecule has 2 aromatic rings. The lowest BCUT2D eigenvalue weighted by atomic mass is 9.99. The summed E-state index contributed by atoms with van der Waals surface area (Å²) in [5, 5.41) is 11.6. The quantitative estimate of drug-likeness (QED) is 0.939. The van der Waals surface area contributed by atoms with Crippen molar-refractivity contribution in [3.8, 4) is 6.07 Å². The highest BCUT2D eigenvalue weighted by molar-refractivity contribution is 5.94. The van der Waals surface area contributed by atoms with Gasteiger partial charge in [0.2, 0.25) is 5.91 Å². The molecule has 0 saturated carbocycles. The van der Waals surface area contributed by atoms with Crippen LogP contribution in [0.1, 0.15) is 23.1 Å². The molecular weight excluding hydrogens is 298 g/mol. The first-order valence-electron chi connectivity index (χ1n) is 8.26. The van der Waals surface area contributed by atoms with Gasteiger partial charge in [-0.25, -0.2) is 0 Å². The predicted molar refractivity (Wildman–Crippen MR) is 96.1 cm³/mol. The van der Waals surface area contributed by atoms with Gasteiger partial charge in [-0.3, -0.25) is 4.79 Å². The maximum absolute atomic E-state index is 12.4. The Kier molecular flexibility index (Phi) is 4.81. The van der Waals surface area contributed by atoms with E-state index in [2.05, 4.69) is 41.4 Å². The number of carbonyl (C=O) groups excluding carboxylic acids is 1. The van der Waals surface area contributed by atoms with Gasteiger partial charge >= 0.3 is 0 Å². The molecule has 1 N–H and O–H groups in total. The molecule has 0 unspecified atom stereocenters. The lowest BCUT2D eigenvalue weighted by Gasteiger charge is -2.31. The summed E-state index contributed by atoms with van der Waals surface area (Å²) in [6, 6.07) is 16.0. The van der Waals surface area contributed by atoms with E-state index in [1.807, 2.05) is 24.3 Å². The summed E-state index contributed by atoms with van der Waals surface area (Å²) in [6.45, 7) is 3.36. The van der Waals surface area contributed by atoms with Crippen LogP contribution in [0.15, 0.2) is 42.5 Å². The zero-order chi connectivity index (χ0) is 16.9. The molecule has 4 nitrogen and oxygen atoms in total. The highest BCUT2D eigenvalue weighted by Crippen LogP contribution is 2.27. The summed E-state index contributed by atoms with van der Waals surface area (Å²) in [7, 11) is 0. The summed E-state index contributed by atoms with van der Waals surface area (Å²) >= 11 is 0. The van der Waals surface area contributed by atoms with Crippen LogP contribution in [0.3, 0.4) is 0 Å². The molecule has 1 amide bonds. The van der Waals surface area contributed by atoms with Crippen molar-refractivity contribution in [1.29, 1.82) is 5.26 Å². The van der Waals surface area contributed by atoms with E-state index in [9.17, 15) is 4.79 Å². The molecule has 0 saturated heterocycles. The molecule has 2 aromatic carbocycles. The summed E-state index contributed by atoms with van der Waals surface area (Å²) in [5.74, 6) is -0.0172. The maximum atomic E-state index is 12.4. The first kappa shape index (κ1) is 16.1. The number of nitrogens with zero attached hydrogens (tertiary/aromatic N) is 2. The van der Waals surface area contributed by atoms with Crippen molar-refractivity contribution >= 4 is 17.3 Å². The number of hydrogen-bond acceptors (Lipinski definition) is 3. The number of benzene rings is 2. The first-order valence-corrected chi connectivity index (χ1v) is 8.26. The molecule has 1 aliphatic rings. The van der Waals surface area contributed by atoms with Crippen LogP contribution in [0.2, 0.25) is 0 Å². The van der Waals surface area contributed by atoms with Crippen molar-refractivity contribution in [2.75, 3.05) is 23.3 Å². The zero-order valence-electron chi connectivity index (χ0n) is 13.9. The van der Waals surface area contributed by atoms with Crippen LogP contribution >= 0.6 is 0 Å². The largest absolute Gasteiger partial charge is 0.362 e. The Morgan fingerprint density at radius 2 is 2.04 bits per heavy atom. The molecule has 3 rings (SSSR count). The van der Waals surface area contributed by atoms with Gasteiger partial charge in [-0.2, -0.15) is 5.26 Å². The van der Waals surface area contributed by atoms with Crippen LogP contribution in [0.25, 0.3) is 0 Å². The van der Waals surface area contributed by atoms with E-state index in [0.29, 0.717) is 13.0 Å². The summed E-state index contributed by atoms with van der Waals surface area (Å²) in [6.07, 6.45) is 2.54. The fourth-order valence-corrected chi connectivity index (χ4v) is 3.14. The molecule has 0 aliphatic carbocycles. The average molecular weight is 319 g/mol. The Hall–Kier alpha value is -2.80. The van der Waals surface area contributed by atoms with Gasteiger partial charge in [0.15, 0.2) is 0 Å². The standard InChI is InChI=1S/C20H21N3O/c1-15-4-9-19-17(13-15)3-2-12-23(19)14-20(24)22-18-7-5-16(6-8-18)10-11-21/h4-9,13H,2-3,10,12,14H2,1H3,(H,22,24). The molecule has 4 heteroatoms. The maximum Gasteiger partial charge on any atom is 0.243 e. The van der Waals surface area contributed by atoms with E-state index < -0.39 is 0 Å². The Morgan fingerprint density at radius 1 is 1.25 bits per heavy atom. The fourth-order valence-electron chi connectivity index (χ4n) is 3.14. The number of nitriles is 1. The molecule has 0 spiro atoms. The second kappa shape index (κ2) is 7.18. The summed E-state index contributed by atoms with van der Waals surface area (Å²) in [4.78, 5) is 14.5. The number of carbonyl (C=O) groups is 1. The smallest absolute Gasteiger partial charge is 0.243 e. The van der Waals surface area contributed by atoms with E-state index >= 15 is 0 Å². The zero-order valence-corrected chi connectivity index (χ0v) is 13.9. The monoisotopic (exact) mass is 319 g/mol. The van der Waals surface area contributed by atoms with Crippen LogP contribution in [-0.4, -0.2) is 19.0 Å². The topological polar surface area (TPSA) is 56.1 Å². The average Bonchev–Trinajstić information content (AvgIpc) is 2.57. The first-order chi connectivity index (χ1) is 11.7. The molecular formula is C20H21N3O. The summed E-state index contributed by atoms with van der Waals surface area (Å²) in [5.41, 5.74) is 5.48. The minimum Gasteiger partial charge on any atom is -0.362 e. The van der Waals surface area contributed by atoms with Crippen LogP contribution in [0, 0.1) is 18.3 Å². The van der Waals surface area contributed by atoms with Crippen LogP contribution in [-0.2, 0) is 17.6 Å². The molecule has 24 heavy (non-hydrogen) atoms. The second-order valence-corrected chi connectivity index (χ2v) is 6.24. The van der Waals surface area contributed by atoms with Crippen molar-refractivity contribution in [1.82, 2.24) is 0 Å². The molecule has 1 aliphatic heterocycles. The molecule has 1 heterocycles. The lowest BCUT2D eigenvalue weighted by Crippen LogP contribution is -2.36. The van der Waals surface area contributed by atoms with E-state index in [4.69, 9.17) is 5.26 Å². The Balaban J connectivity index is 1.64. The van der Waals surface area contributed by atoms with Gasteiger partial charge in [0, 0.05) is 17.9 Å². The lowest BCUT2D eigenvalue weighted by molar-refractivity contribution is -0.115. The second-order valence-electron chi connectivity index (χ2n) is 6.24. The van der Waals surface area contributed by atoms with Crippen molar-refractivity contribution < 1.29 is 4.79 Å². The molecule has 0 atom stereocenters. The molecule has 0 bridgehead atoms. The van der Waals surface area contributed by atoms with Crippen molar-refractivity contribution in [3.05, 3.63) is 59.2 Å². The van der Waals surface area contributed by atoms with Gasteiger partial charge in [0.25, 0.3) is 0 Å². The van der Waals surface area contributed by atoms with Crippen molar-refractivity contribution in [3.63, 3.8) is 0 Å². The number of aryl methyl sites for hydroxylation is 2. The minimum atomic E-state index is -0.0172. The fraction of sp³-hybridized carbons (Fsp3) is 0.300.